The van der Waals surface area contributed by atoms with Gasteiger partial charge in [-0.05, 0) is 40.5 Å². The zero-order chi connectivity index (χ0) is 18.9. The Labute approximate surface area is 149 Å². The second kappa shape index (κ2) is 6.40. The molecule has 6 nitrogen and oxygen atoms in total. The summed E-state index contributed by atoms with van der Waals surface area (Å²) >= 11 is 0. The molecule has 0 bridgehead atoms. The number of aliphatic hydroxyl groups excluding tert-OH is 1. The Kier molecular flexibility index (Phi) is 4.26. The van der Waals surface area contributed by atoms with Gasteiger partial charge in [0, 0.05) is 6.42 Å². The Morgan fingerprint density at radius 2 is 1.19 bits per heavy atom. The summed E-state index contributed by atoms with van der Waals surface area (Å²) < 4.78 is 0. The van der Waals surface area contributed by atoms with Gasteiger partial charge in [-0.25, -0.2) is 0 Å². The largest absolute Gasteiger partial charge is 0.510 e. The van der Waals surface area contributed by atoms with E-state index < -0.39 is 23.1 Å². The lowest BCUT2D eigenvalue weighted by atomic mass is 9.75. The van der Waals surface area contributed by atoms with Crippen LogP contribution in [-0.2, 0) is 9.59 Å². The van der Waals surface area contributed by atoms with E-state index in [0.717, 1.165) is 17.2 Å². The fourth-order valence-corrected chi connectivity index (χ4v) is 2.95. The molecule has 0 radical (unpaired) electrons. The first-order chi connectivity index (χ1) is 12.3. The predicted molar refractivity (Wildman–Crippen MR) is 94.6 cm³/mol. The Bertz CT molecular complexity index is 906. The summed E-state index contributed by atoms with van der Waals surface area (Å²) in [5.41, 5.74) is 0.592. The first-order valence-electron chi connectivity index (χ1n) is 7.81. The van der Waals surface area contributed by atoms with Crippen LogP contribution in [0.25, 0.3) is 16.7 Å². The third-order valence-corrected chi connectivity index (χ3v) is 4.52. The molecule has 4 N–H and O–H groups in total. The number of benzene rings is 2. The van der Waals surface area contributed by atoms with E-state index in [9.17, 15) is 30.0 Å². The maximum atomic E-state index is 11.5. The maximum Gasteiger partial charge on any atom is 0.329 e. The molecule has 0 fully saturated rings. The highest BCUT2D eigenvalue weighted by atomic mass is 16.4. The minimum Gasteiger partial charge on any atom is -0.510 e. The summed E-state index contributed by atoms with van der Waals surface area (Å²) in [6.45, 7) is 0. The molecule has 1 aliphatic carbocycles. The Balaban J connectivity index is 1.93. The van der Waals surface area contributed by atoms with Crippen molar-refractivity contribution >= 4 is 17.5 Å². The molecule has 0 spiro atoms. The van der Waals surface area contributed by atoms with Gasteiger partial charge in [0.1, 0.15) is 11.5 Å². The number of allylic oxidation sites excluding steroid dienone is 3. The molecule has 0 atom stereocenters. The molecule has 2 aromatic carbocycles. The number of phenols is 1. The van der Waals surface area contributed by atoms with Gasteiger partial charge >= 0.3 is 11.9 Å². The zero-order valence-electron chi connectivity index (χ0n) is 13.6. The van der Waals surface area contributed by atoms with Crippen molar-refractivity contribution in [3.8, 4) is 16.9 Å². The fourth-order valence-electron chi connectivity index (χ4n) is 2.95. The number of rotatable bonds is 4. The smallest absolute Gasteiger partial charge is 0.329 e. The molecule has 0 heterocycles. The van der Waals surface area contributed by atoms with Gasteiger partial charge in [-0.1, -0.05) is 42.5 Å². The second-order valence-corrected chi connectivity index (χ2v) is 6.06. The van der Waals surface area contributed by atoms with Crippen molar-refractivity contribution < 1.29 is 30.0 Å². The van der Waals surface area contributed by atoms with Crippen LogP contribution in [0.1, 0.15) is 12.0 Å². The van der Waals surface area contributed by atoms with E-state index in [2.05, 4.69) is 0 Å². The highest BCUT2D eigenvalue weighted by Crippen LogP contribution is 2.41. The first kappa shape index (κ1) is 17.3. The first-order valence-corrected chi connectivity index (χ1v) is 7.81. The number of carbonyl (C=O) groups is 2. The van der Waals surface area contributed by atoms with Crippen molar-refractivity contribution in [1.29, 1.82) is 0 Å². The average Bonchev–Trinajstić information content (AvgIpc) is 2.62. The number of carboxylic acids is 2. The molecule has 26 heavy (non-hydrogen) atoms. The highest BCUT2D eigenvalue weighted by molar-refractivity contribution is 6.04. The fraction of sp³-hybridized carbons (Fsp3) is 0.100. The lowest BCUT2D eigenvalue weighted by Crippen LogP contribution is -2.42. The van der Waals surface area contributed by atoms with E-state index >= 15 is 0 Å². The van der Waals surface area contributed by atoms with Gasteiger partial charge in [-0.3, -0.25) is 9.59 Å². The number of aromatic hydroxyl groups is 1. The van der Waals surface area contributed by atoms with Crippen LogP contribution in [-0.4, -0.2) is 32.4 Å². The summed E-state index contributed by atoms with van der Waals surface area (Å²) in [4.78, 5) is 23.1. The van der Waals surface area contributed by atoms with Gasteiger partial charge in [0.05, 0.1) is 0 Å². The summed E-state index contributed by atoms with van der Waals surface area (Å²) in [5.74, 6) is -3.74. The number of carboxylic acid groups (broad SMARTS) is 2. The molecular formula is C20H16O6. The van der Waals surface area contributed by atoms with Crippen LogP contribution in [0.3, 0.4) is 0 Å². The van der Waals surface area contributed by atoms with E-state index in [-0.39, 0.29) is 12.2 Å². The molecule has 2 aromatic rings. The number of hydrogen-bond acceptors (Lipinski definition) is 4. The minimum atomic E-state index is -2.38. The molecule has 3 rings (SSSR count). The molecule has 1 aliphatic rings. The SMILES string of the molecule is O=C(O)C1(C(=O)O)CC(c2ccc(-c3ccc(O)cc3)cc2)=CC=C1O. The topological polar surface area (TPSA) is 115 Å². The molecule has 0 saturated carbocycles. The average molecular weight is 352 g/mol. The predicted octanol–water partition coefficient (Wildman–Crippen LogP) is 3.44. The van der Waals surface area contributed by atoms with Crippen LogP contribution in [0.15, 0.2) is 66.4 Å². The minimum absolute atomic E-state index is 0.169. The van der Waals surface area contributed by atoms with Crippen molar-refractivity contribution in [2.45, 2.75) is 6.42 Å². The van der Waals surface area contributed by atoms with Crippen molar-refractivity contribution in [3.63, 3.8) is 0 Å². The van der Waals surface area contributed by atoms with Crippen molar-refractivity contribution in [1.82, 2.24) is 0 Å². The standard InChI is InChI=1S/C20H16O6/c21-16-8-5-13(6-9-16)12-1-3-14(4-2-12)15-7-10-17(22)20(11-15,18(23)24)19(25)26/h1-10,21-22H,11H2,(H,23,24)(H,25,26). The van der Waals surface area contributed by atoms with Gasteiger partial charge in [-0.2, -0.15) is 0 Å². The van der Waals surface area contributed by atoms with Crippen molar-refractivity contribution in [2.75, 3.05) is 0 Å². The monoisotopic (exact) mass is 352 g/mol. The van der Waals surface area contributed by atoms with Crippen molar-refractivity contribution in [2.24, 2.45) is 5.41 Å². The van der Waals surface area contributed by atoms with Crippen LogP contribution in [0, 0.1) is 5.41 Å². The van der Waals surface area contributed by atoms with E-state index in [1.807, 2.05) is 12.1 Å². The summed E-state index contributed by atoms with van der Waals surface area (Å²) in [6.07, 6.45) is 2.29. The lowest BCUT2D eigenvalue weighted by Gasteiger charge is -2.28. The third kappa shape index (κ3) is 2.82. The van der Waals surface area contributed by atoms with E-state index in [0.29, 0.717) is 11.1 Å². The van der Waals surface area contributed by atoms with Gasteiger partial charge < -0.3 is 20.4 Å². The Hall–Kier alpha value is -3.54. The maximum absolute atomic E-state index is 11.5. The molecule has 0 aromatic heterocycles. The van der Waals surface area contributed by atoms with Gasteiger partial charge in [-0.15, -0.1) is 0 Å². The molecule has 0 saturated heterocycles. The molecule has 132 valence electrons. The Morgan fingerprint density at radius 3 is 1.69 bits per heavy atom. The molecule has 6 heteroatoms. The van der Waals surface area contributed by atoms with E-state index in [4.69, 9.17) is 0 Å². The van der Waals surface area contributed by atoms with Gasteiger partial charge in [0.15, 0.2) is 0 Å². The van der Waals surface area contributed by atoms with Gasteiger partial charge in [0.25, 0.3) is 0 Å². The number of hydrogen-bond donors (Lipinski definition) is 4. The van der Waals surface area contributed by atoms with Crippen LogP contribution in [0.5, 0.6) is 5.75 Å². The quantitative estimate of drug-likeness (QED) is 0.627. The van der Waals surface area contributed by atoms with Crippen LogP contribution in [0.2, 0.25) is 0 Å². The highest BCUT2D eigenvalue weighted by Gasteiger charge is 2.52. The third-order valence-electron chi connectivity index (χ3n) is 4.52. The van der Waals surface area contributed by atoms with E-state index in [1.54, 1.807) is 36.4 Å². The number of aliphatic carboxylic acids is 2. The molecule has 0 unspecified atom stereocenters. The van der Waals surface area contributed by atoms with E-state index in [1.165, 1.54) is 6.08 Å². The summed E-state index contributed by atoms with van der Waals surface area (Å²) in [6, 6.07) is 13.9. The number of aliphatic hydroxyl groups is 1. The lowest BCUT2D eigenvalue weighted by molar-refractivity contribution is -0.163. The van der Waals surface area contributed by atoms with Crippen LogP contribution >= 0.6 is 0 Å². The Morgan fingerprint density at radius 1 is 0.731 bits per heavy atom. The van der Waals surface area contributed by atoms with Gasteiger partial charge in [0.2, 0.25) is 5.41 Å². The molecule has 0 amide bonds. The summed E-state index contributed by atoms with van der Waals surface area (Å²) in [7, 11) is 0. The van der Waals surface area contributed by atoms with Crippen molar-refractivity contribution in [3.05, 3.63) is 72.0 Å². The zero-order valence-corrected chi connectivity index (χ0v) is 13.6. The summed E-state index contributed by atoms with van der Waals surface area (Å²) in [5, 5.41) is 38.0. The number of phenolic OH excluding ortho intramolecular Hbond substituents is 1. The molecular weight excluding hydrogens is 336 g/mol. The normalized spacial score (nSPS) is 15.7. The molecule has 0 aliphatic heterocycles. The van der Waals surface area contributed by atoms with Crippen LogP contribution < -0.4 is 0 Å². The second-order valence-electron chi connectivity index (χ2n) is 6.06. The van der Waals surface area contributed by atoms with Crippen LogP contribution in [0.4, 0.5) is 0 Å².